The molecule has 0 aliphatic heterocycles. The van der Waals surface area contributed by atoms with Crippen LogP contribution < -0.4 is 5.32 Å². The van der Waals surface area contributed by atoms with Gasteiger partial charge < -0.3 is 5.32 Å². The molecule has 0 saturated heterocycles. The highest BCUT2D eigenvalue weighted by molar-refractivity contribution is 8.00. The molecular formula is C16H25N3S2. The second-order valence-electron chi connectivity index (χ2n) is 7.54. The quantitative estimate of drug-likeness (QED) is 0.838. The Kier molecular flexibility index (Phi) is 3.79. The Morgan fingerprint density at radius 2 is 1.86 bits per heavy atom. The minimum absolute atomic E-state index is 0.580. The van der Waals surface area contributed by atoms with Gasteiger partial charge in [-0.3, -0.25) is 0 Å². The molecule has 1 heterocycles. The van der Waals surface area contributed by atoms with Crippen LogP contribution in [0, 0.1) is 30.1 Å². The van der Waals surface area contributed by atoms with Crippen molar-refractivity contribution in [2.75, 3.05) is 12.8 Å². The lowest BCUT2D eigenvalue weighted by Gasteiger charge is -2.59. The molecule has 1 unspecified atom stereocenters. The largest absolute Gasteiger partial charge is 0.316 e. The van der Waals surface area contributed by atoms with Gasteiger partial charge >= 0.3 is 0 Å². The van der Waals surface area contributed by atoms with Gasteiger partial charge in [-0.25, -0.2) is 4.98 Å². The van der Waals surface area contributed by atoms with E-state index in [4.69, 9.17) is 0 Å². The van der Waals surface area contributed by atoms with Crippen LogP contribution in [-0.4, -0.2) is 28.2 Å². The van der Waals surface area contributed by atoms with E-state index < -0.39 is 0 Å². The first-order valence-corrected chi connectivity index (χ1v) is 10.0. The van der Waals surface area contributed by atoms with Crippen LogP contribution in [0.15, 0.2) is 4.34 Å². The zero-order chi connectivity index (χ0) is 14.4. The molecule has 1 aromatic heterocycles. The van der Waals surface area contributed by atoms with Gasteiger partial charge in [0.15, 0.2) is 4.34 Å². The maximum atomic E-state index is 4.51. The maximum absolute atomic E-state index is 4.51. The number of nitrogens with one attached hydrogen (secondary N) is 1. The van der Waals surface area contributed by atoms with Crippen LogP contribution in [0.4, 0.5) is 0 Å². The van der Waals surface area contributed by atoms with E-state index in [1.54, 1.807) is 11.5 Å². The second kappa shape index (κ2) is 5.50. The molecule has 0 amide bonds. The van der Waals surface area contributed by atoms with Gasteiger partial charge in [0, 0.05) is 11.8 Å². The zero-order valence-corrected chi connectivity index (χ0v) is 14.6. The van der Waals surface area contributed by atoms with Gasteiger partial charge in [-0.05, 0) is 87.2 Å². The summed E-state index contributed by atoms with van der Waals surface area (Å²) >= 11 is 3.46. The fourth-order valence-electron chi connectivity index (χ4n) is 5.66. The molecule has 21 heavy (non-hydrogen) atoms. The standard InChI is InChI=1S/C16H25N3S2/c1-10-18-15(21-19-10)20-9-14(17-2)16-6-11-3-12(7-16)5-13(4-11)8-16/h11-14,17H,3-9H2,1-2H3. The van der Waals surface area contributed by atoms with Gasteiger partial charge in [-0.1, -0.05) is 11.8 Å². The normalized spacial score (nSPS) is 38.9. The highest BCUT2D eigenvalue weighted by Gasteiger charge is 2.53. The van der Waals surface area contributed by atoms with Crippen LogP contribution in [0.5, 0.6) is 0 Å². The lowest BCUT2D eigenvalue weighted by atomic mass is 9.48. The third-order valence-electron chi connectivity index (χ3n) is 6.06. The van der Waals surface area contributed by atoms with Crippen LogP contribution >= 0.6 is 23.3 Å². The SMILES string of the molecule is CNC(CSc1nc(C)ns1)C12CC3CC(CC(C3)C1)C2. The molecule has 5 heteroatoms. The van der Waals surface area contributed by atoms with Crippen molar-refractivity contribution < 1.29 is 0 Å². The van der Waals surface area contributed by atoms with Crippen molar-refractivity contribution in [3.05, 3.63) is 5.82 Å². The molecule has 3 nitrogen and oxygen atoms in total. The van der Waals surface area contributed by atoms with Crippen LogP contribution in [-0.2, 0) is 0 Å². The first kappa shape index (κ1) is 14.5. The van der Waals surface area contributed by atoms with Crippen LogP contribution in [0.25, 0.3) is 0 Å². The van der Waals surface area contributed by atoms with Gasteiger partial charge in [0.25, 0.3) is 0 Å². The van der Waals surface area contributed by atoms with Crippen molar-refractivity contribution >= 4 is 23.3 Å². The molecule has 1 aromatic rings. The molecule has 5 rings (SSSR count). The topological polar surface area (TPSA) is 37.8 Å². The Morgan fingerprint density at radius 3 is 2.33 bits per heavy atom. The lowest BCUT2D eigenvalue weighted by molar-refractivity contribution is -0.0682. The van der Waals surface area contributed by atoms with Crippen molar-refractivity contribution in [1.82, 2.24) is 14.7 Å². The van der Waals surface area contributed by atoms with E-state index in [1.165, 1.54) is 38.5 Å². The van der Waals surface area contributed by atoms with Gasteiger partial charge in [0.2, 0.25) is 0 Å². The first-order chi connectivity index (χ1) is 10.2. The third-order valence-corrected chi connectivity index (χ3v) is 8.07. The molecule has 4 bridgehead atoms. The summed E-state index contributed by atoms with van der Waals surface area (Å²) in [6.45, 7) is 1.98. The monoisotopic (exact) mass is 323 g/mol. The maximum Gasteiger partial charge on any atom is 0.170 e. The highest BCUT2D eigenvalue weighted by Crippen LogP contribution is 2.61. The molecule has 4 saturated carbocycles. The van der Waals surface area contributed by atoms with Crippen LogP contribution in [0.2, 0.25) is 0 Å². The number of rotatable bonds is 5. The smallest absolute Gasteiger partial charge is 0.170 e. The summed E-state index contributed by atoms with van der Waals surface area (Å²) in [5.41, 5.74) is 0.580. The van der Waals surface area contributed by atoms with Gasteiger partial charge in [0.1, 0.15) is 5.82 Å². The second-order valence-corrected chi connectivity index (χ2v) is 9.56. The fourth-order valence-corrected chi connectivity index (χ4v) is 7.64. The van der Waals surface area contributed by atoms with Crippen molar-refractivity contribution in [2.24, 2.45) is 23.2 Å². The Hall–Kier alpha value is -0.130. The molecule has 0 aromatic carbocycles. The average Bonchev–Trinajstić information content (AvgIpc) is 2.83. The van der Waals surface area contributed by atoms with Crippen molar-refractivity contribution in [2.45, 2.75) is 55.8 Å². The van der Waals surface area contributed by atoms with Crippen LogP contribution in [0.3, 0.4) is 0 Å². The summed E-state index contributed by atoms with van der Waals surface area (Å²) in [4.78, 5) is 4.51. The number of nitrogens with zero attached hydrogens (tertiary/aromatic N) is 2. The summed E-state index contributed by atoms with van der Waals surface area (Å²) in [5, 5.41) is 3.67. The molecular weight excluding hydrogens is 298 g/mol. The van der Waals surface area contributed by atoms with Gasteiger partial charge in [-0.15, -0.1) is 0 Å². The number of hydrogen-bond donors (Lipinski definition) is 1. The Labute approximate surface area is 135 Å². The Morgan fingerprint density at radius 1 is 1.24 bits per heavy atom. The van der Waals surface area contributed by atoms with E-state index in [0.29, 0.717) is 11.5 Å². The van der Waals surface area contributed by atoms with Gasteiger partial charge in [-0.2, -0.15) is 4.37 Å². The summed E-state index contributed by atoms with van der Waals surface area (Å²) in [7, 11) is 2.16. The average molecular weight is 324 g/mol. The minimum Gasteiger partial charge on any atom is -0.316 e. The van der Waals surface area contributed by atoms with E-state index in [-0.39, 0.29) is 0 Å². The number of hydrogen-bond acceptors (Lipinski definition) is 5. The van der Waals surface area contributed by atoms with E-state index in [0.717, 1.165) is 33.7 Å². The molecule has 1 N–H and O–H groups in total. The molecule has 0 spiro atoms. The Bertz CT molecular complexity index is 478. The summed E-state index contributed by atoms with van der Waals surface area (Å²) in [6, 6.07) is 0.639. The summed E-state index contributed by atoms with van der Waals surface area (Å²) in [5.74, 6) is 5.15. The van der Waals surface area contributed by atoms with Crippen molar-refractivity contribution in [3.8, 4) is 0 Å². The minimum atomic E-state index is 0.580. The third kappa shape index (κ3) is 2.66. The van der Waals surface area contributed by atoms with E-state index >= 15 is 0 Å². The molecule has 4 aliphatic carbocycles. The number of aryl methyl sites for hydroxylation is 1. The van der Waals surface area contributed by atoms with Crippen molar-refractivity contribution in [3.63, 3.8) is 0 Å². The number of thioether (sulfide) groups is 1. The molecule has 116 valence electrons. The fraction of sp³-hybridized carbons (Fsp3) is 0.875. The van der Waals surface area contributed by atoms with Crippen molar-refractivity contribution in [1.29, 1.82) is 0 Å². The predicted octanol–water partition coefficient (Wildman–Crippen LogP) is 3.74. The highest BCUT2D eigenvalue weighted by atomic mass is 32.2. The molecule has 4 aliphatic rings. The predicted molar refractivity (Wildman–Crippen MR) is 88.8 cm³/mol. The number of aromatic nitrogens is 2. The molecule has 4 fully saturated rings. The lowest BCUT2D eigenvalue weighted by Crippen LogP contribution is -2.56. The summed E-state index contributed by atoms with van der Waals surface area (Å²) in [6.07, 6.45) is 9.00. The molecule has 1 atom stereocenters. The van der Waals surface area contributed by atoms with E-state index in [2.05, 4.69) is 21.7 Å². The van der Waals surface area contributed by atoms with Crippen LogP contribution in [0.1, 0.15) is 44.3 Å². The van der Waals surface area contributed by atoms with Gasteiger partial charge in [0.05, 0.1) is 0 Å². The van der Waals surface area contributed by atoms with E-state index in [9.17, 15) is 0 Å². The van der Waals surface area contributed by atoms with E-state index in [1.807, 2.05) is 18.7 Å². The first-order valence-electron chi connectivity index (χ1n) is 8.27. The zero-order valence-electron chi connectivity index (χ0n) is 13.0. The Balaban J connectivity index is 1.47. The molecule has 0 radical (unpaired) electrons. The summed E-state index contributed by atoms with van der Waals surface area (Å²) < 4.78 is 5.44.